The van der Waals surface area contributed by atoms with E-state index in [9.17, 15) is 13.2 Å². The van der Waals surface area contributed by atoms with Crippen molar-refractivity contribution in [2.45, 2.75) is 44.4 Å². The van der Waals surface area contributed by atoms with Gasteiger partial charge in [0.2, 0.25) is 10.0 Å². The molecular formula is C14H21NO4S. The monoisotopic (exact) mass is 299 g/mol. The minimum Gasteiger partial charge on any atom is -0.481 e. The zero-order chi connectivity index (χ0) is 15.6. The number of hydrogen-bond acceptors (Lipinski definition) is 3. The lowest BCUT2D eigenvalue weighted by Crippen LogP contribution is -2.27. The van der Waals surface area contributed by atoms with Gasteiger partial charge < -0.3 is 5.11 Å². The predicted molar refractivity (Wildman–Crippen MR) is 77.3 cm³/mol. The highest BCUT2D eigenvalue weighted by Gasteiger charge is 2.21. The quantitative estimate of drug-likeness (QED) is 0.871. The lowest BCUT2D eigenvalue weighted by Gasteiger charge is -2.20. The van der Waals surface area contributed by atoms with Gasteiger partial charge in [0.25, 0.3) is 0 Å². The second-order valence-electron chi connectivity index (χ2n) is 5.77. The van der Waals surface area contributed by atoms with Crippen LogP contribution in [0.25, 0.3) is 0 Å². The fourth-order valence-corrected chi connectivity index (χ4v) is 3.03. The fraction of sp³-hybridized carbons (Fsp3) is 0.500. The number of rotatable bonds is 5. The molecule has 0 saturated heterocycles. The first-order valence-corrected chi connectivity index (χ1v) is 7.85. The van der Waals surface area contributed by atoms with Crippen LogP contribution >= 0.6 is 0 Å². The van der Waals surface area contributed by atoms with Crippen LogP contribution in [0.3, 0.4) is 0 Å². The average molecular weight is 299 g/mol. The van der Waals surface area contributed by atoms with Gasteiger partial charge in [0.15, 0.2) is 0 Å². The fourth-order valence-electron chi connectivity index (χ4n) is 1.73. The van der Waals surface area contributed by atoms with Gasteiger partial charge in [0.05, 0.1) is 11.3 Å². The van der Waals surface area contributed by atoms with E-state index in [1.807, 2.05) is 26.8 Å². The normalized spacial score (nSPS) is 12.4. The van der Waals surface area contributed by atoms with Gasteiger partial charge >= 0.3 is 5.97 Å². The summed E-state index contributed by atoms with van der Waals surface area (Å²) in [5, 5.41) is 8.55. The van der Waals surface area contributed by atoms with Crippen molar-refractivity contribution < 1.29 is 18.3 Å². The van der Waals surface area contributed by atoms with Gasteiger partial charge in [0, 0.05) is 6.54 Å². The summed E-state index contributed by atoms with van der Waals surface area (Å²) in [5.41, 5.74) is 1.40. The van der Waals surface area contributed by atoms with E-state index in [1.165, 1.54) is 0 Å². The van der Waals surface area contributed by atoms with E-state index in [-0.39, 0.29) is 23.3 Å². The maximum atomic E-state index is 12.2. The van der Waals surface area contributed by atoms with Crippen LogP contribution in [0.15, 0.2) is 23.1 Å². The summed E-state index contributed by atoms with van der Waals surface area (Å²) in [4.78, 5) is 10.6. The molecule has 1 aromatic rings. The third-order valence-corrected chi connectivity index (χ3v) is 4.58. The standard InChI is InChI=1S/C14H21NO4S/c1-10-5-6-11(14(2,3)4)9-12(10)20(18,19)15-8-7-13(16)17/h5-6,9,15H,7-8H2,1-4H3,(H,16,17). The van der Waals surface area contributed by atoms with Crippen molar-refractivity contribution >= 4 is 16.0 Å². The lowest BCUT2D eigenvalue weighted by molar-refractivity contribution is -0.136. The number of hydrogen-bond donors (Lipinski definition) is 2. The zero-order valence-electron chi connectivity index (χ0n) is 12.2. The zero-order valence-corrected chi connectivity index (χ0v) is 13.0. The summed E-state index contributed by atoms with van der Waals surface area (Å²) in [5.74, 6) is -1.03. The minimum absolute atomic E-state index is 0.114. The van der Waals surface area contributed by atoms with Crippen LogP contribution in [0, 0.1) is 6.92 Å². The molecule has 0 radical (unpaired) electrons. The van der Waals surface area contributed by atoms with E-state index in [4.69, 9.17) is 5.11 Å². The molecule has 0 unspecified atom stereocenters. The number of sulfonamides is 1. The summed E-state index contributed by atoms with van der Waals surface area (Å²) < 4.78 is 26.7. The third-order valence-electron chi connectivity index (χ3n) is 2.97. The topological polar surface area (TPSA) is 83.5 Å². The molecule has 0 heterocycles. The highest BCUT2D eigenvalue weighted by atomic mass is 32.2. The van der Waals surface area contributed by atoms with E-state index in [0.29, 0.717) is 5.56 Å². The first-order chi connectivity index (χ1) is 9.04. The Kier molecular flexibility index (Phi) is 4.94. The predicted octanol–water partition coefficient (Wildman–Crippen LogP) is 2.05. The Morgan fingerprint density at radius 2 is 1.90 bits per heavy atom. The Hall–Kier alpha value is -1.40. The number of carboxylic acid groups (broad SMARTS) is 1. The first kappa shape index (κ1) is 16.7. The number of carboxylic acids is 1. The molecule has 0 fully saturated rings. The number of carbonyl (C=O) groups is 1. The summed E-state index contributed by atoms with van der Waals surface area (Å²) in [6.45, 7) is 7.62. The van der Waals surface area contributed by atoms with E-state index < -0.39 is 16.0 Å². The number of nitrogens with one attached hydrogen (secondary N) is 1. The average Bonchev–Trinajstić information content (AvgIpc) is 2.26. The summed E-state index contributed by atoms with van der Waals surface area (Å²) in [6, 6.07) is 5.33. The Labute approximate surface area is 120 Å². The van der Waals surface area contributed by atoms with Gasteiger partial charge in [-0.25, -0.2) is 13.1 Å². The number of aliphatic carboxylic acids is 1. The van der Waals surface area contributed by atoms with Crippen LogP contribution in [0.4, 0.5) is 0 Å². The minimum atomic E-state index is -3.68. The molecule has 5 nitrogen and oxygen atoms in total. The van der Waals surface area contributed by atoms with E-state index in [0.717, 1.165) is 5.56 Å². The third kappa shape index (κ3) is 4.31. The first-order valence-electron chi connectivity index (χ1n) is 6.36. The van der Waals surface area contributed by atoms with Gasteiger partial charge in [0.1, 0.15) is 0 Å². The van der Waals surface area contributed by atoms with Gasteiger partial charge in [-0.05, 0) is 29.5 Å². The van der Waals surface area contributed by atoms with E-state index in [2.05, 4.69) is 4.72 Å². The molecule has 0 aliphatic heterocycles. The van der Waals surface area contributed by atoms with E-state index in [1.54, 1.807) is 19.1 Å². The Morgan fingerprint density at radius 3 is 2.40 bits per heavy atom. The van der Waals surface area contributed by atoms with Crippen molar-refractivity contribution in [1.82, 2.24) is 4.72 Å². The highest BCUT2D eigenvalue weighted by molar-refractivity contribution is 7.89. The smallest absolute Gasteiger partial charge is 0.304 e. The van der Waals surface area contributed by atoms with Crippen molar-refractivity contribution in [3.63, 3.8) is 0 Å². The molecule has 6 heteroatoms. The van der Waals surface area contributed by atoms with Crippen molar-refractivity contribution in [3.05, 3.63) is 29.3 Å². The second kappa shape index (κ2) is 5.93. The maximum absolute atomic E-state index is 12.2. The van der Waals surface area contributed by atoms with Crippen LogP contribution in [0.5, 0.6) is 0 Å². The molecule has 0 bridgehead atoms. The Balaban J connectivity index is 3.08. The molecular weight excluding hydrogens is 278 g/mol. The Bertz CT molecular complexity index is 600. The highest BCUT2D eigenvalue weighted by Crippen LogP contribution is 2.26. The molecule has 1 rings (SSSR count). The van der Waals surface area contributed by atoms with Gasteiger partial charge in [-0.15, -0.1) is 0 Å². The molecule has 0 saturated carbocycles. The molecule has 0 atom stereocenters. The van der Waals surface area contributed by atoms with Crippen molar-refractivity contribution in [2.75, 3.05) is 6.54 Å². The molecule has 0 aliphatic rings. The number of benzene rings is 1. The van der Waals surface area contributed by atoms with Crippen LogP contribution in [0.2, 0.25) is 0 Å². The second-order valence-corrected chi connectivity index (χ2v) is 7.51. The maximum Gasteiger partial charge on any atom is 0.304 e. The van der Waals surface area contributed by atoms with Gasteiger partial charge in [-0.2, -0.15) is 0 Å². The largest absolute Gasteiger partial charge is 0.481 e. The molecule has 0 aromatic heterocycles. The molecule has 20 heavy (non-hydrogen) atoms. The van der Waals surface area contributed by atoms with Crippen molar-refractivity contribution in [2.24, 2.45) is 0 Å². The molecule has 0 spiro atoms. The van der Waals surface area contributed by atoms with Crippen LogP contribution in [-0.2, 0) is 20.2 Å². The molecule has 112 valence electrons. The van der Waals surface area contributed by atoms with Crippen molar-refractivity contribution in [1.29, 1.82) is 0 Å². The van der Waals surface area contributed by atoms with Crippen LogP contribution in [0.1, 0.15) is 38.3 Å². The summed E-state index contributed by atoms with van der Waals surface area (Å²) in [6.07, 6.45) is -0.239. The van der Waals surface area contributed by atoms with Crippen LogP contribution < -0.4 is 4.72 Å². The lowest BCUT2D eigenvalue weighted by atomic mass is 9.87. The number of aryl methyl sites for hydroxylation is 1. The molecule has 0 aliphatic carbocycles. The van der Waals surface area contributed by atoms with Crippen molar-refractivity contribution in [3.8, 4) is 0 Å². The Morgan fingerprint density at radius 1 is 1.30 bits per heavy atom. The molecule has 2 N–H and O–H groups in total. The summed E-state index contributed by atoms with van der Waals surface area (Å²) in [7, 11) is -3.68. The van der Waals surface area contributed by atoms with E-state index >= 15 is 0 Å². The molecule has 1 aromatic carbocycles. The van der Waals surface area contributed by atoms with Gasteiger partial charge in [-0.3, -0.25) is 4.79 Å². The molecule has 0 amide bonds. The SMILES string of the molecule is Cc1ccc(C(C)(C)C)cc1S(=O)(=O)NCCC(=O)O. The van der Waals surface area contributed by atoms with Gasteiger partial charge in [-0.1, -0.05) is 32.9 Å². The summed E-state index contributed by atoms with van der Waals surface area (Å²) >= 11 is 0. The van der Waals surface area contributed by atoms with Crippen LogP contribution in [-0.4, -0.2) is 26.0 Å².